The Morgan fingerprint density at radius 3 is 2.62 bits per heavy atom. The number of pyridine rings is 1. The van der Waals surface area contributed by atoms with Gasteiger partial charge in [-0.25, -0.2) is 9.78 Å². The summed E-state index contributed by atoms with van der Waals surface area (Å²) >= 11 is 2.25. The van der Waals surface area contributed by atoms with Crippen molar-refractivity contribution in [3.63, 3.8) is 0 Å². The quantitative estimate of drug-likeness (QED) is 0.676. The minimum absolute atomic E-state index is 0.106. The Labute approximate surface area is 139 Å². The summed E-state index contributed by atoms with van der Waals surface area (Å²) in [7, 11) is 0. The van der Waals surface area contributed by atoms with E-state index in [0.717, 1.165) is 22.5 Å². The molecule has 1 amide bonds. The molecule has 2 heterocycles. The topological polar surface area (TPSA) is 45.7 Å². The van der Waals surface area contributed by atoms with Crippen molar-refractivity contribution in [3.05, 3.63) is 21.9 Å². The van der Waals surface area contributed by atoms with E-state index in [1.807, 2.05) is 46.0 Å². The number of rotatable bonds is 1. The number of carbonyl (C=O) groups excluding carboxylic acids is 1. The fourth-order valence-electron chi connectivity index (χ4n) is 2.31. The van der Waals surface area contributed by atoms with Crippen molar-refractivity contribution in [3.8, 4) is 0 Å². The summed E-state index contributed by atoms with van der Waals surface area (Å²) in [5.41, 5.74) is -0.453. The van der Waals surface area contributed by atoms with Gasteiger partial charge in [-0.3, -0.25) is 0 Å². The van der Waals surface area contributed by atoms with Gasteiger partial charge in [0.2, 0.25) is 0 Å². The number of hydrogen-bond acceptors (Lipinski definition) is 4. The van der Waals surface area contributed by atoms with Crippen LogP contribution in [0, 0.1) is 3.57 Å². The average Bonchev–Trinajstić information content (AvgIpc) is 2.37. The lowest BCUT2D eigenvalue weighted by atomic mass is 10.2. The lowest BCUT2D eigenvalue weighted by Gasteiger charge is -2.40. The number of halogens is 1. The second kappa shape index (κ2) is 6.37. The third-order valence-corrected chi connectivity index (χ3v) is 3.93. The largest absolute Gasteiger partial charge is 0.444 e. The van der Waals surface area contributed by atoms with Gasteiger partial charge in [0, 0.05) is 35.4 Å². The molecule has 1 unspecified atom stereocenters. The molecule has 1 aliphatic rings. The molecule has 0 aromatic carbocycles. The molecule has 0 spiro atoms. The minimum atomic E-state index is -0.453. The van der Waals surface area contributed by atoms with Crippen LogP contribution in [0.4, 0.5) is 10.6 Å². The van der Waals surface area contributed by atoms with E-state index in [2.05, 4.69) is 32.5 Å². The monoisotopic (exact) mass is 403 g/mol. The van der Waals surface area contributed by atoms with E-state index in [1.54, 1.807) is 4.90 Å². The first kappa shape index (κ1) is 16.3. The molecule has 5 nitrogen and oxygen atoms in total. The fraction of sp³-hybridized carbons (Fsp3) is 0.600. The molecular formula is C15H22IN3O2. The Balaban J connectivity index is 1.99. The maximum atomic E-state index is 12.2. The SMILES string of the molecule is CC1CN(c2ccc(I)cn2)CCN1C(=O)OC(C)(C)C. The molecule has 0 radical (unpaired) electrons. The number of aromatic nitrogens is 1. The number of anilines is 1. The summed E-state index contributed by atoms with van der Waals surface area (Å²) in [6.07, 6.45) is 1.63. The summed E-state index contributed by atoms with van der Waals surface area (Å²) < 4.78 is 6.58. The second-order valence-electron chi connectivity index (χ2n) is 6.30. The van der Waals surface area contributed by atoms with Crippen molar-refractivity contribution in [1.29, 1.82) is 0 Å². The maximum Gasteiger partial charge on any atom is 0.410 e. The second-order valence-corrected chi connectivity index (χ2v) is 7.55. The smallest absolute Gasteiger partial charge is 0.410 e. The van der Waals surface area contributed by atoms with Crippen molar-refractivity contribution < 1.29 is 9.53 Å². The van der Waals surface area contributed by atoms with Crippen LogP contribution in [-0.4, -0.2) is 47.3 Å². The van der Waals surface area contributed by atoms with Crippen molar-refractivity contribution in [2.75, 3.05) is 24.5 Å². The van der Waals surface area contributed by atoms with E-state index in [1.165, 1.54) is 0 Å². The van der Waals surface area contributed by atoms with Crippen molar-refractivity contribution >= 4 is 34.5 Å². The number of ether oxygens (including phenoxy) is 1. The molecule has 1 aromatic heterocycles. The molecular weight excluding hydrogens is 381 g/mol. The lowest BCUT2D eigenvalue weighted by molar-refractivity contribution is 0.0158. The summed E-state index contributed by atoms with van der Waals surface area (Å²) in [6.45, 7) is 9.92. The zero-order chi connectivity index (χ0) is 15.6. The van der Waals surface area contributed by atoms with Gasteiger partial charge in [0.15, 0.2) is 0 Å². The highest BCUT2D eigenvalue weighted by atomic mass is 127. The van der Waals surface area contributed by atoms with Crippen LogP contribution in [0.2, 0.25) is 0 Å². The summed E-state index contributed by atoms with van der Waals surface area (Å²) in [4.78, 5) is 20.6. The Hall–Kier alpha value is -1.05. The molecule has 1 aliphatic heterocycles. The van der Waals surface area contributed by atoms with Gasteiger partial charge in [0.25, 0.3) is 0 Å². The molecule has 1 saturated heterocycles. The van der Waals surface area contributed by atoms with E-state index in [9.17, 15) is 4.79 Å². The Kier molecular flexibility index (Phi) is 4.95. The van der Waals surface area contributed by atoms with E-state index in [0.29, 0.717) is 6.54 Å². The van der Waals surface area contributed by atoms with Crippen LogP contribution in [0.5, 0.6) is 0 Å². The molecule has 21 heavy (non-hydrogen) atoms. The van der Waals surface area contributed by atoms with Crippen molar-refractivity contribution in [2.45, 2.75) is 39.3 Å². The Bertz CT molecular complexity index is 499. The first-order valence-corrected chi connectivity index (χ1v) is 8.20. The first-order valence-electron chi connectivity index (χ1n) is 7.12. The predicted octanol–water partition coefficient (Wildman–Crippen LogP) is 3.13. The predicted molar refractivity (Wildman–Crippen MR) is 91.6 cm³/mol. The molecule has 0 aliphatic carbocycles. The first-order chi connectivity index (χ1) is 9.76. The van der Waals surface area contributed by atoms with Gasteiger partial charge in [0.05, 0.1) is 0 Å². The number of nitrogens with zero attached hydrogens (tertiary/aromatic N) is 3. The molecule has 116 valence electrons. The van der Waals surface area contributed by atoms with E-state index >= 15 is 0 Å². The van der Waals surface area contributed by atoms with Gasteiger partial charge < -0.3 is 14.5 Å². The van der Waals surface area contributed by atoms with Crippen LogP contribution < -0.4 is 4.90 Å². The van der Waals surface area contributed by atoms with Crippen LogP contribution in [0.3, 0.4) is 0 Å². The van der Waals surface area contributed by atoms with Gasteiger partial charge in [-0.05, 0) is 62.4 Å². The molecule has 1 atom stereocenters. The fourth-order valence-corrected chi connectivity index (χ4v) is 2.63. The summed E-state index contributed by atoms with van der Waals surface area (Å²) in [6, 6.07) is 4.18. The summed E-state index contributed by atoms with van der Waals surface area (Å²) in [5, 5.41) is 0. The minimum Gasteiger partial charge on any atom is -0.444 e. The Morgan fingerprint density at radius 1 is 1.38 bits per heavy atom. The highest BCUT2D eigenvalue weighted by Gasteiger charge is 2.31. The zero-order valence-electron chi connectivity index (χ0n) is 13.0. The average molecular weight is 403 g/mol. The molecule has 0 saturated carbocycles. The number of hydrogen-bond donors (Lipinski definition) is 0. The van der Waals surface area contributed by atoms with Gasteiger partial charge in [-0.1, -0.05) is 0 Å². The highest BCUT2D eigenvalue weighted by Crippen LogP contribution is 2.20. The van der Waals surface area contributed by atoms with Gasteiger partial charge in [0.1, 0.15) is 11.4 Å². The standard InChI is InChI=1S/C15H22IN3O2/c1-11-10-18(13-6-5-12(16)9-17-13)7-8-19(11)14(20)21-15(2,3)4/h5-6,9,11H,7-8,10H2,1-4H3. The number of amides is 1. The summed E-state index contributed by atoms with van der Waals surface area (Å²) in [5.74, 6) is 0.964. The number of carbonyl (C=O) groups is 1. The molecule has 6 heteroatoms. The zero-order valence-corrected chi connectivity index (χ0v) is 15.1. The molecule has 1 aromatic rings. The highest BCUT2D eigenvalue weighted by molar-refractivity contribution is 14.1. The van der Waals surface area contributed by atoms with Crippen LogP contribution >= 0.6 is 22.6 Å². The molecule has 0 bridgehead atoms. The third-order valence-electron chi connectivity index (χ3n) is 3.29. The Morgan fingerprint density at radius 2 is 2.10 bits per heavy atom. The van der Waals surface area contributed by atoms with Crippen molar-refractivity contribution in [2.24, 2.45) is 0 Å². The molecule has 0 N–H and O–H groups in total. The van der Waals surface area contributed by atoms with Gasteiger partial charge in [-0.15, -0.1) is 0 Å². The molecule has 1 fully saturated rings. The third kappa shape index (κ3) is 4.46. The van der Waals surface area contributed by atoms with E-state index < -0.39 is 5.60 Å². The van der Waals surface area contributed by atoms with Crippen LogP contribution in [0.1, 0.15) is 27.7 Å². The normalized spacial score (nSPS) is 19.6. The molecule has 2 rings (SSSR count). The van der Waals surface area contributed by atoms with Gasteiger partial charge >= 0.3 is 6.09 Å². The van der Waals surface area contributed by atoms with E-state index in [4.69, 9.17) is 4.74 Å². The van der Waals surface area contributed by atoms with Crippen LogP contribution in [0.25, 0.3) is 0 Å². The van der Waals surface area contributed by atoms with Gasteiger partial charge in [-0.2, -0.15) is 0 Å². The maximum absolute atomic E-state index is 12.2. The van der Waals surface area contributed by atoms with Crippen LogP contribution in [-0.2, 0) is 4.74 Å². The van der Waals surface area contributed by atoms with E-state index in [-0.39, 0.29) is 12.1 Å². The van der Waals surface area contributed by atoms with Crippen molar-refractivity contribution in [1.82, 2.24) is 9.88 Å². The number of piperazine rings is 1. The van der Waals surface area contributed by atoms with Crippen LogP contribution in [0.15, 0.2) is 18.3 Å². The lowest BCUT2D eigenvalue weighted by Crippen LogP contribution is -2.55.